The zero-order valence-electron chi connectivity index (χ0n) is 12.6. The number of rotatable bonds is 6. The molecule has 1 aliphatic heterocycles. The van der Waals surface area contributed by atoms with Crippen LogP contribution in [0.2, 0.25) is 0 Å². The van der Waals surface area contributed by atoms with Crippen LogP contribution in [0.3, 0.4) is 0 Å². The van der Waals surface area contributed by atoms with E-state index in [1.54, 1.807) is 0 Å². The van der Waals surface area contributed by atoms with Crippen molar-refractivity contribution in [1.82, 2.24) is 4.90 Å². The van der Waals surface area contributed by atoms with Gasteiger partial charge < -0.3 is 10.0 Å². The fourth-order valence-corrected chi connectivity index (χ4v) is 3.31. The number of unbranched alkanes of at least 4 members (excludes halogenated alkanes) is 2. The minimum Gasteiger partial charge on any atom is -0.481 e. The molecule has 1 N–H and O–H groups in total. The van der Waals surface area contributed by atoms with Crippen LogP contribution in [0, 0.1) is 11.8 Å². The molecule has 4 heteroatoms. The van der Waals surface area contributed by atoms with Crippen molar-refractivity contribution in [3.63, 3.8) is 0 Å². The second-order valence-corrected chi connectivity index (χ2v) is 5.93. The van der Waals surface area contributed by atoms with Crippen LogP contribution in [0.25, 0.3) is 0 Å². The molecule has 1 amide bonds. The number of amides is 1. The lowest BCUT2D eigenvalue weighted by atomic mass is 9.80. The van der Waals surface area contributed by atoms with Crippen molar-refractivity contribution < 1.29 is 14.7 Å². The molecule has 0 aromatic rings. The van der Waals surface area contributed by atoms with E-state index in [1.165, 1.54) is 6.42 Å². The summed E-state index contributed by atoms with van der Waals surface area (Å²) >= 11 is 0. The molecule has 1 heterocycles. The van der Waals surface area contributed by atoms with Crippen LogP contribution in [0.4, 0.5) is 0 Å². The molecule has 4 unspecified atom stereocenters. The topological polar surface area (TPSA) is 57.6 Å². The fourth-order valence-electron chi connectivity index (χ4n) is 3.31. The number of piperidine rings is 1. The first-order valence-electron chi connectivity index (χ1n) is 7.44. The highest BCUT2D eigenvalue weighted by Gasteiger charge is 2.43. The summed E-state index contributed by atoms with van der Waals surface area (Å²) < 4.78 is 0. The van der Waals surface area contributed by atoms with Crippen molar-refractivity contribution >= 4 is 11.9 Å². The fraction of sp³-hybridized carbons (Fsp3) is 0.867. The lowest BCUT2D eigenvalue weighted by Gasteiger charge is -2.44. The van der Waals surface area contributed by atoms with E-state index in [2.05, 4.69) is 6.92 Å². The largest absolute Gasteiger partial charge is 0.481 e. The molecule has 0 bridgehead atoms. The maximum atomic E-state index is 12.2. The second kappa shape index (κ2) is 6.92. The van der Waals surface area contributed by atoms with Crippen molar-refractivity contribution in [3.8, 4) is 0 Å². The molecule has 110 valence electrons. The van der Waals surface area contributed by atoms with Crippen molar-refractivity contribution in [3.05, 3.63) is 0 Å². The Bertz CT molecular complexity index is 329. The van der Waals surface area contributed by atoms with Crippen LogP contribution in [-0.4, -0.2) is 34.0 Å². The van der Waals surface area contributed by atoms with E-state index in [0.717, 1.165) is 19.3 Å². The minimum atomic E-state index is -0.779. The average Bonchev–Trinajstić information content (AvgIpc) is 2.27. The Hall–Kier alpha value is -1.06. The number of likely N-dealkylation sites (tertiary alicyclic amines) is 1. The maximum absolute atomic E-state index is 12.2. The summed E-state index contributed by atoms with van der Waals surface area (Å²) in [7, 11) is 0. The number of nitrogens with zero attached hydrogens (tertiary/aromatic N) is 1. The second-order valence-electron chi connectivity index (χ2n) is 5.93. The van der Waals surface area contributed by atoms with Gasteiger partial charge in [-0.3, -0.25) is 9.59 Å². The number of carbonyl (C=O) groups excluding carboxylic acids is 1. The SMILES string of the molecule is CCCCCC(C)N1C(=O)CC(C)C(C(=O)O)C1C. The van der Waals surface area contributed by atoms with E-state index in [1.807, 2.05) is 25.7 Å². The summed E-state index contributed by atoms with van der Waals surface area (Å²) in [5.74, 6) is -1.18. The first kappa shape index (κ1) is 16.0. The van der Waals surface area contributed by atoms with Crippen LogP contribution in [0.15, 0.2) is 0 Å². The number of carboxylic acid groups (broad SMARTS) is 1. The number of hydrogen-bond acceptors (Lipinski definition) is 2. The summed E-state index contributed by atoms with van der Waals surface area (Å²) in [6, 6.07) is -0.0613. The van der Waals surface area contributed by atoms with Gasteiger partial charge in [0.1, 0.15) is 0 Å². The van der Waals surface area contributed by atoms with Gasteiger partial charge in [-0.15, -0.1) is 0 Å². The Balaban J connectivity index is 2.74. The first-order chi connectivity index (χ1) is 8.90. The Labute approximate surface area is 116 Å². The normalized spacial score (nSPS) is 29.4. The highest BCUT2D eigenvalue weighted by Crippen LogP contribution is 2.32. The van der Waals surface area contributed by atoms with E-state index < -0.39 is 11.9 Å². The van der Waals surface area contributed by atoms with Crippen LogP contribution < -0.4 is 0 Å². The van der Waals surface area contributed by atoms with Crippen molar-refractivity contribution in [2.24, 2.45) is 11.8 Å². The summed E-state index contributed by atoms with van der Waals surface area (Å²) in [5, 5.41) is 9.34. The van der Waals surface area contributed by atoms with Crippen molar-refractivity contribution in [1.29, 1.82) is 0 Å². The molecule has 4 nitrogen and oxygen atoms in total. The number of hydrogen-bond donors (Lipinski definition) is 1. The minimum absolute atomic E-state index is 0.0703. The molecule has 0 radical (unpaired) electrons. The summed E-state index contributed by atoms with van der Waals surface area (Å²) in [5.41, 5.74) is 0. The Morgan fingerprint density at radius 2 is 2.05 bits per heavy atom. The van der Waals surface area contributed by atoms with E-state index >= 15 is 0 Å². The van der Waals surface area contributed by atoms with Crippen LogP contribution in [0.5, 0.6) is 0 Å². The van der Waals surface area contributed by atoms with Gasteiger partial charge >= 0.3 is 5.97 Å². The van der Waals surface area contributed by atoms with E-state index in [4.69, 9.17) is 0 Å². The third-order valence-corrected chi connectivity index (χ3v) is 4.34. The zero-order valence-corrected chi connectivity index (χ0v) is 12.6. The smallest absolute Gasteiger partial charge is 0.308 e. The van der Waals surface area contributed by atoms with Crippen LogP contribution in [-0.2, 0) is 9.59 Å². The lowest BCUT2D eigenvalue weighted by molar-refractivity contribution is -0.156. The number of carboxylic acids is 1. The molecule has 19 heavy (non-hydrogen) atoms. The molecule has 0 aliphatic carbocycles. The Morgan fingerprint density at radius 1 is 1.42 bits per heavy atom. The quantitative estimate of drug-likeness (QED) is 0.754. The van der Waals surface area contributed by atoms with Gasteiger partial charge in [-0.1, -0.05) is 33.1 Å². The summed E-state index contributed by atoms with van der Waals surface area (Å²) in [6.45, 7) is 7.94. The monoisotopic (exact) mass is 269 g/mol. The van der Waals surface area contributed by atoms with Crippen LogP contribution >= 0.6 is 0 Å². The molecule has 0 spiro atoms. The van der Waals surface area contributed by atoms with Gasteiger partial charge in [0, 0.05) is 18.5 Å². The van der Waals surface area contributed by atoms with Crippen molar-refractivity contribution in [2.45, 2.75) is 71.9 Å². The maximum Gasteiger partial charge on any atom is 0.308 e. The molecule has 1 rings (SSSR count). The average molecular weight is 269 g/mol. The third kappa shape index (κ3) is 3.71. The molecule has 1 saturated heterocycles. The molecule has 0 saturated carbocycles. The molecule has 4 atom stereocenters. The van der Waals surface area contributed by atoms with Gasteiger partial charge in [0.05, 0.1) is 5.92 Å². The molecule has 1 fully saturated rings. The summed E-state index contributed by atoms with van der Waals surface area (Å²) in [6.07, 6.45) is 4.75. The first-order valence-corrected chi connectivity index (χ1v) is 7.44. The van der Waals surface area contributed by atoms with Gasteiger partial charge in [0.25, 0.3) is 0 Å². The number of aliphatic carboxylic acids is 1. The molecular weight excluding hydrogens is 242 g/mol. The Kier molecular flexibility index (Phi) is 5.83. The predicted octanol–water partition coefficient (Wildman–Crippen LogP) is 2.91. The molecule has 0 aromatic carbocycles. The van der Waals surface area contributed by atoms with Gasteiger partial charge in [-0.05, 0) is 26.2 Å². The van der Waals surface area contributed by atoms with Gasteiger partial charge in [-0.25, -0.2) is 0 Å². The van der Waals surface area contributed by atoms with Crippen LogP contribution in [0.1, 0.15) is 59.8 Å². The standard InChI is InChI=1S/C15H27NO3/c1-5-6-7-8-11(3)16-12(4)14(15(18)19)10(2)9-13(16)17/h10-12,14H,5-9H2,1-4H3,(H,18,19). The predicted molar refractivity (Wildman–Crippen MR) is 74.8 cm³/mol. The molecule has 1 aliphatic rings. The highest BCUT2D eigenvalue weighted by atomic mass is 16.4. The Morgan fingerprint density at radius 3 is 2.58 bits per heavy atom. The summed E-state index contributed by atoms with van der Waals surface area (Å²) in [4.78, 5) is 25.4. The van der Waals surface area contributed by atoms with E-state index in [0.29, 0.717) is 6.42 Å². The lowest BCUT2D eigenvalue weighted by Crippen LogP contribution is -2.55. The third-order valence-electron chi connectivity index (χ3n) is 4.34. The van der Waals surface area contributed by atoms with Crippen molar-refractivity contribution in [2.75, 3.05) is 0 Å². The zero-order chi connectivity index (χ0) is 14.6. The van der Waals surface area contributed by atoms with Gasteiger partial charge in [0.15, 0.2) is 0 Å². The highest BCUT2D eigenvalue weighted by molar-refractivity contribution is 5.82. The molecular formula is C15H27NO3. The van der Waals surface area contributed by atoms with E-state index in [-0.39, 0.29) is 23.9 Å². The number of carbonyl (C=O) groups is 2. The molecule has 0 aromatic heterocycles. The van der Waals surface area contributed by atoms with Gasteiger partial charge in [-0.2, -0.15) is 0 Å². The van der Waals surface area contributed by atoms with E-state index in [9.17, 15) is 14.7 Å². The van der Waals surface area contributed by atoms with Gasteiger partial charge in [0.2, 0.25) is 5.91 Å².